The molecule has 122 valence electrons. The van der Waals surface area contributed by atoms with Gasteiger partial charge in [0.1, 0.15) is 5.75 Å². The van der Waals surface area contributed by atoms with Gasteiger partial charge in [-0.25, -0.2) is 0 Å². The normalized spacial score (nSPS) is 15.6. The highest BCUT2D eigenvalue weighted by molar-refractivity contribution is 8.18. The number of amides is 2. The fraction of sp³-hybridized carbons (Fsp3) is 0.111. The molecule has 0 radical (unpaired) electrons. The minimum absolute atomic E-state index is 0.346. The van der Waals surface area contributed by atoms with E-state index in [2.05, 4.69) is 5.32 Å². The van der Waals surface area contributed by atoms with E-state index in [1.54, 1.807) is 6.08 Å². The summed E-state index contributed by atoms with van der Waals surface area (Å²) in [6.45, 7) is 0.537. The molecule has 2 aromatic rings. The SMILES string of the molecule is O=C1NC(=O)/C(=C/c2cccc(OCCc3ccc(Cl)cc3)c2)S1. The predicted molar refractivity (Wildman–Crippen MR) is 96.2 cm³/mol. The van der Waals surface area contributed by atoms with Gasteiger partial charge in [0.05, 0.1) is 11.5 Å². The number of carbonyl (C=O) groups is 2. The maximum atomic E-state index is 11.6. The number of benzene rings is 2. The van der Waals surface area contributed by atoms with Crippen LogP contribution in [0.15, 0.2) is 53.4 Å². The fourth-order valence-electron chi connectivity index (χ4n) is 2.20. The van der Waals surface area contributed by atoms with Crippen molar-refractivity contribution in [3.8, 4) is 5.75 Å². The Kier molecular flexibility index (Phi) is 5.23. The Balaban J connectivity index is 1.61. The van der Waals surface area contributed by atoms with Crippen molar-refractivity contribution in [3.63, 3.8) is 0 Å². The fourth-order valence-corrected chi connectivity index (χ4v) is 3.01. The number of hydrogen-bond donors (Lipinski definition) is 1. The first-order valence-corrected chi connectivity index (χ1v) is 8.52. The van der Waals surface area contributed by atoms with Crippen molar-refractivity contribution in [1.82, 2.24) is 5.32 Å². The second-order valence-electron chi connectivity index (χ2n) is 5.15. The van der Waals surface area contributed by atoms with Gasteiger partial charge in [0.2, 0.25) is 0 Å². The standard InChI is InChI=1S/C18H14ClNO3S/c19-14-6-4-12(5-7-14)8-9-23-15-3-1-2-13(10-15)11-16-17(21)20-18(22)24-16/h1-7,10-11H,8-9H2,(H,20,21,22)/b16-11-. The van der Waals surface area contributed by atoms with Gasteiger partial charge in [-0.2, -0.15) is 0 Å². The summed E-state index contributed by atoms with van der Waals surface area (Å²) in [7, 11) is 0. The van der Waals surface area contributed by atoms with Crippen LogP contribution in [0.25, 0.3) is 6.08 Å². The first-order valence-electron chi connectivity index (χ1n) is 7.32. The van der Waals surface area contributed by atoms with Crippen LogP contribution in [-0.2, 0) is 11.2 Å². The maximum Gasteiger partial charge on any atom is 0.290 e. The van der Waals surface area contributed by atoms with Crippen LogP contribution in [0, 0.1) is 0 Å². The van der Waals surface area contributed by atoms with Crippen molar-refractivity contribution in [2.45, 2.75) is 6.42 Å². The molecule has 0 unspecified atom stereocenters. The lowest BCUT2D eigenvalue weighted by molar-refractivity contribution is -0.115. The average molecular weight is 360 g/mol. The summed E-state index contributed by atoms with van der Waals surface area (Å²) in [5.41, 5.74) is 1.96. The zero-order chi connectivity index (χ0) is 16.9. The van der Waals surface area contributed by atoms with Crippen LogP contribution in [-0.4, -0.2) is 17.8 Å². The first kappa shape index (κ1) is 16.6. The van der Waals surface area contributed by atoms with Crippen LogP contribution in [0.1, 0.15) is 11.1 Å². The first-order chi connectivity index (χ1) is 11.6. The van der Waals surface area contributed by atoms with Crippen LogP contribution in [0.2, 0.25) is 5.02 Å². The summed E-state index contributed by atoms with van der Waals surface area (Å²) in [4.78, 5) is 23.1. The second-order valence-corrected chi connectivity index (χ2v) is 6.60. The number of rotatable bonds is 5. The lowest BCUT2D eigenvalue weighted by Gasteiger charge is -2.07. The number of halogens is 1. The lowest BCUT2D eigenvalue weighted by atomic mass is 10.1. The molecule has 1 aliphatic rings. The molecular formula is C18H14ClNO3S. The molecule has 3 rings (SSSR count). The van der Waals surface area contributed by atoms with E-state index >= 15 is 0 Å². The van der Waals surface area contributed by atoms with Crippen molar-refractivity contribution >= 4 is 40.6 Å². The molecule has 6 heteroatoms. The van der Waals surface area contributed by atoms with Gasteiger partial charge in [-0.1, -0.05) is 35.9 Å². The zero-order valence-electron chi connectivity index (χ0n) is 12.6. The Labute approximate surface area is 148 Å². The van der Waals surface area contributed by atoms with Gasteiger partial charge in [0, 0.05) is 11.4 Å². The summed E-state index contributed by atoms with van der Waals surface area (Å²) < 4.78 is 5.76. The molecule has 0 saturated carbocycles. The van der Waals surface area contributed by atoms with Crippen LogP contribution in [0.5, 0.6) is 5.75 Å². The van der Waals surface area contributed by atoms with Crippen molar-refractivity contribution in [3.05, 3.63) is 69.6 Å². The molecule has 2 aromatic carbocycles. The molecule has 1 fully saturated rings. The Hall–Kier alpha value is -2.24. The van der Waals surface area contributed by atoms with Crippen LogP contribution in [0.4, 0.5) is 4.79 Å². The lowest BCUT2D eigenvalue weighted by Crippen LogP contribution is -2.17. The van der Waals surface area contributed by atoms with Gasteiger partial charge in [-0.3, -0.25) is 14.9 Å². The molecule has 4 nitrogen and oxygen atoms in total. The van der Waals surface area contributed by atoms with Crippen molar-refractivity contribution < 1.29 is 14.3 Å². The van der Waals surface area contributed by atoms with E-state index in [0.717, 1.165) is 29.3 Å². The highest BCUT2D eigenvalue weighted by Gasteiger charge is 2.24. The van der Waals surface area contributed by atoms with Gasteiger partial charge >= 0.3 is 0 Å². The predicted octanol–water partition coefficient (Wildman–Crippen LogP) is 4.29. The summed E-state index contributed by atoms with van der Waals surface area (Å²) in [6, 6.07) is 15.1. The van der Waals surface area contributed by atoms with E-state index in [4.69, 9.17) is 16.3 Å². The zero-order valence-corrected chi connectivity index (χ0v) is 14.2. The van der Waals surface area contributed by atoms with Crippen LogP contribution in [0.3, 0.4) is 0 Å². The molecule has 24 heavy (non-hydrogen) atoms. The van der Waals surface area contributed by atoms with E-state index in [1.165, 1.54) is 0 Å². The van der Waals surface area contributed by atoms with Gasteiger partial charge < -0.3 is 4.74 Å². The smallest absolute Gasteiger partial charge is 0.290 e. The summed E-state index contributed by atoms with van der Waals surface area (Å²) in [5.74, 6) is 0.354. The third-order valence-corrected chi connectivity index (χ3v) is 4.43. The van der Waals surface area contributed by atoms with E-state index in [9.17, 15) is 9.59 Å². The van der Waals surface area contributed by atoms with Gasteiger partial charge in [0.25, 0.3) is 11.1 Å². The molecule has 0 aliphatic carbocycles. The largest absolute Gasteiger partial charge is 0.493 e. The molecule has 0 bridgehead atoms. The maximum absolute atomic E-state index is 11.6. The number of nitrogens with one attached hydrogen (secondary N) is 1. The topological polar surface area (TPSA) is 55.4 Å². The molecule has 1 N–H and O–H groups in total. The molecule has 1 heterocycles. The summed E-state index contributed by atoms with van der Waals surface area (Å²) in [5, 5.41) is 2.60. The monoisotopic (exact) mass is 359 g/mol. The third-order valence-electron chi connectivity index (χ3n) is 3.37. The minimum atomic E-state index is -0.362. The Morgan fingerprint density at radius 1 is 1.12 bits per heavy atom. The Morgan fingerprint density at radius 3 is 2.62 bits per heavy atom. The number of thioether (sulfide) groups is 1. The summed E-state index contributed by atoms with van der Waals surface area (Å²) >= 11 is 6.76. The van der Waals surface area contributed by atoms with E-state index in [1.807, 2.05) is 48.5 Å². The molecule has 0 atom stereocenters. The quantitative estimate of drug-likeness (QED) is 0.809. The number of hydrogen-bond acceptors (Lipinski definition) is 4. The van der Waals surface area contributed by atoms with Crippen molar-refractivity contribution in [2.75, 3.05) is 6.61 Å². The second kappa shape index (κ2) is 7.55. The van der Waals surface area contributed by atoms with Crippen LogP contribution < -0.4 is 10.1 Å². The number of ether oxygens (including phenoxy) is 1. The molecular weight excluding hydrogens is 346 g/mol. The molecule has 1 aliphatic heterocycles. The summed E-state index contributed by atoms with van der Waals surface area (Å²) in [6.07, 6.45) is 2.45. The van der Waals surface area contributed by atoms with E-state index < -0.39 is 0 Å². The number of carbonyl (C=O) groups excluding carboxylic acids is 2. The van der Waals surface area contributed by atoms with Gasteiger partial charge in [-0.05, 0) is 53.2 Å². The molecule has 0 spiro atoms. The van der Waals surface area contributed by atoms with Crippen LogP contribution >= 0.6 is 23.4 Å². The molecule has 1 saturated heterocycles. The highest BCUT2D eigenvalue weighted by atomic mass is 35.5. The van der Waals surface area contributed by atoms with E-state index in [0.29, 0.717) is 22.3 Å². The van der Waals surface area contributed by atoms with Crippen molar-refractivity contribution in [2.24, 2.45) is 0 Å². The average Bonchev–Trinajstić information content (AvgIpc) is 2.87. The Bertz CT molecular complexity index is 802. The molecule has 2 amide bonds. The van der Waals surface area contributed by atoms with E-state index in [-0.39, 0.29) is 11.1 Å². The van der Waals surface area contributed by atoms with Gasteiger partial charge in [0.15, 0.2) is 0 Å². The Morgan fingerprint density at radius 2 is 1.92 bits per heavy atom. The number of imide groups is 1. The van der Waals surface area contributed by atoms with Crippen molar-refractivity contribution in [1.29, 1.82) is 0 Å². The third kappa shape index (κ3) is 4.40. The minimum Gasteiger partial charge on any atom is -0.493 e. The van der Waals surface area contributed by atoms with Gasteiger partial charge in [-0.15, -0.1) is 0 Å². The molecule has 0 aromatic heterocycles. The highest BCUT2D eigenvalue weighted by Crippen LogP contribution is 2.26.